The molecule has 0 fully saturated rings. The lowest BCUT2D eigenvalue weighted by Crippen LogP contribution is -2.31. The molecule has 0 spiro atoms. The number of fused-ring (bicyclic) bond motifs is 1. The van der Waals surface area contributed by atoms with Crippen LogP contribution in [0.25, 0.3) is 11.0 Å². The molecule has 0 saturated heterocycles. The van der Waals surface area contributed by atoms with Crippen molar-refractivity contribution in [1.29, 1.82) is 0 Å². The van der Waals surface area contributed by atoms with Gasteiger partial charge in [-0.25, -0.2) is 0 Å². The normalized spacial score (nSPS) is 13.3. The lowest BCUT2D eigenvalue weighted by Gasteiger charge is -2.26. The van der Waals surface area contributed by atoms with Crippen LogP contribution in [-0.2, 0) is 4.74 Å². The van der Waals surface area contributed by atoms with E-state index < -0.39 is 0 Å². The Morgan fingerprint density at radius 1 is 1.37 bits per heavy atom. The highest BCUT2D eigenvalue weighted by molar-refractivity contribution is 5.81. The van der Waals surface area contributed by atoms with E-state index in [1.54, 1.807) is 7.11 Å². The van der Waals surface area contributed by atoms with Crippen LogP contribution in [-0.4, -0.2) is 38.8 Å². The average molecular weight is 262 g/mol. The number of para-hydroxylation sites is 1. The molecule has 104 valence electrons. The van der Waals surface area contributed by atoms with Crippen molar-refractivity contribution >= 4 is 11.0 Å². The van der Waals surface area contributed by atoms with E-state index in [2.05, 4.69) is 18.0 Å². The number of methoxy groups -OCH3 is 1. The number of benzene rings is 1. The Hall–Kier alpha value is -1.36. The second-order valence-electron chi connectivity index (χ2n) is 4.77. The summed E-state index contributed by atoms with van der Waals surface area (Å²) in [7, 11) is 3.82. The number of ether oxygens (including phenoxy) is 1. The van der Waals surface area contributed by atoms with Crippen molar-refractivity contribution in [3.8, 4) is 0 Å². The van der Waals surface area contributed by atoms with Gasteiger partial charge in [-0.2, -0.15) is 0 Å². The predicted octanol–water partition coefficient (Wildman–Crippen LogP) is 2.40. The van der Waals surface area contributed by atoms with E-state index in [1.165, 1.54) is 0 Å². The fraction of sp³-hybridized carbons (Fsp3) is 0.467. The van der Waals surface area contributed by atoms with Crippen LogP contribution in [0.3, 0.4) is 0 Å². The Morgan fingerprint density at radius 2 is 2.16 bits per heavy atom. The first-order chi connectivity index (χ1) is 9.27. The van der Waals surface area contributed by atoms with Gasteiger partial charge in [-0.1, -0.05) is 18.2 Å². The van der Waals surface area contributed by atoms with Gasteiger partial charge in [0.2, 0.25) is 0 Å². The van der Waals surface area contributed by atoms with Crippen LogP contribution in [0.4, 0.5) is 0 Å². The molecule has 1 atom stereocenters. The van der Waals surface area contributed by atoms with Gasteiger partial charge in [0.1, 0.15) is 5.58 Å². The third kappa shape index (κ3) is 3.15. The van der Waals surface area contributed by atoms with Crippen molar-refractivity contribution in [2.75, 3.05) is 33.9 Å². The molecule has 1 aromatic heterocycles. The van der Waals surface area contributed by atoms with Crippen molar-refractivity contribution in [3.05, 3.63) is 36.1 Å². The zero-order chi connectivity index (χ0) is 13.7. The summed E-state index contributed by atoms with van der Waals surface area (Å²) in [6.45, 7) is 2.30. The van der Waals surface area contributed by atoms with Gasteiger partial charge < -0.3 is 14.9 Å². The third-order valence-corrected chi connectivity index (χ3v) is 3.48. The monoisotopic (exact) mass is 262 g/mol. The molecule has 0 bridgehead atoms. The Kier molecular flexibility index (Phi) is 4.96. The van der Waals surface area contributed by atoms with Gasteiger partial charge in [-0.15, -0.1) is 0 Å². The molecule has 0 aliphatic heterocycles. The van der Waals surface area contributed by atoms with E-state index in [0.29, 0.717) is 6.54 Å². The Balaban J connectivity index is 2.16. The number of furan rings is 1. The SMILES string of the molecule is COCCCN(C)C(CN)c1coc2ccccc12. The van der Waals surface area contributed by atoms with E-state index in [1.807, 2.05) is 24.5 Å². The molecule has 1 aromatic carbocycles. The highest BCUT2D eigenvalue weighted by atomic mass is 16.5. The van der Waals surface area contributed by atoms with Crippen molar-refractivity contribution in [1.82, 2.24) is 4.90 Å². The molecule has 0 saturated carbocycles. The highest BCUT2D eigenvalue weighted by Crippen LogP contribution is 2.28. The predicted molar refractivity (Wildman–Crippen MR) is 77.1 cm³/mol. The standard InChI is InChI=1S/C15H22N2O2/c1-17(8-5-9-18-2)14(10-16)13-11-19-15-7-4-3-6-12(13)15/h3-4,6-7,11,14H,5,8-10,16H2,1-2H3. The Morgan fingerprint density at radius 3 is 2.89 bits per heavy atom. The fourth-order valence-electron chi connectivity index (χ4n) is 2.41. The number of hydrogen-bond acceptors (Lipinski definition) is 4. The second kappa shape index (κ2) is 6.70. The van der Waals surface area contributed by atoms with Crippen molar-refractivity contribution in [3.63, 3.8) is 0 Å². The first-order valence-electron chi connectivity index (χ1n) is 6.63. The van der Waals surface area contributed by atoms with Crippen molar-refractivity contribution in [2.24, 2.45) is 5.73 Å². The molecule has 2 rings (SSSR count). The molecular formula is C15H22N2O2. The van der Waals surface area contributed by atoms with Crippen molar-refractivity contribution < 1.29 is 9.15 Å². The summed E-state index contributed by atoms with van der Waals surface area (Å²) in [5.41, 5.74) is 8.03. The van der Waals surface area contributed by atoms with Crippen LogP contribution in [0.2, 0.25) is 0 Å². The maximum atomic E-state index is 5.95. The lowest BCUT2D eigenvalue weighted by atomic mass is 10.0. The average Bonchev–Trinajstić information content (AvgIpc) is 2.84. The van der Waals surface area contributed by atoms with E-state index in [0.717, 1.165) is 36.1 Å². The quantitative estimate of drug-likeness (QED) is 0.778. The molecule has 2 N–H and O–H groups in total. The van der Waals surface area contributed by atoms with Crippen LogP contribution in [0.1, 0.15) is 18.0 Å². The molecule has 1 heterocycles. The second-order valence-corrected chi connectivity index (χ2v) is 4.77. The van der Waals surface area contributed by atoms with Crippen molar-refractivity contribution in [2.45, 2.75) is 12.5 Å². The fourth-order valence-corrected chi connectivity index (χ4v) is 2.41. The Bertz CT molecular complexity index is 510. The molecule has 0 aliphatic rings. The summed E-state index contributed by atoms with van der Waals surface area (Å²) in [4.78, 5) is 2.26. The molecule has 2 aromatic rings. The summed E-state index contributed by atoms with van der Waals surface area (Å²) in [6.07, 6.45) is 2.83. The molecule has 0 radical (unpaired) electrons. The van der Waals surface area contributed by atoms with Gasteiger partial charge >= 0.3 is 0 Å². The van der Waals surface area contributed by atoms with Gasteiger partial charge in [0.05, 0.1) is 12.3 Å². The van der Waals surface area contributed by atoms with Gasteiger partial charge in [-0.3, -0.25) is 4.90 Å². The zero-order valence-electron chi connectivity index (χ0n) is 11.6. The molecule has 19 heavy (non-hydrogen) atoms. The van der Waals surface area contributed by atoms with E-state index in [4.69, 9.17) is 14.9 Å². The summed E-state index contributed by atoms with van der Waals surface area (Å²) in [5, 5.41) is 1.15. The van der Waals surface area contributed by atoms with E-state index in [9.17, 15) is 0 Å². The summed E-state index contributed by atoms with van der Waals surface area (Å²) < 4.78 is 10.7. The first-order valence-corrected chi connectivity index (χ1v) is 6.63. The maximum absolute atomic E-state index is 5.95. The summed E-state index contributed by atoms with van der Waals surface area (Å²) in [5.74, 6) is 0. The molecule has 4 heteroatoms. The Labute approximate surface area is 114 Å². The van der Waals surface area contributed by atoms with Crippen LogP contribution in [0, 0.1) is 0 Å². The van der Waals surface area contributed by atoms with Crippen LogP contribution < -0.4 is 5.73 Å². The number of likely N-dealkylation sites (N-methyl/N-ethyl adjacent to an activating group) is 1. The topological polar surface area (TPSA) is 51.6 Å². The first kappa shape index (κ1) is 14.1. The maximum Gasteiger partial charge on any atom is 0.134 e. The highest BCUT2D eigenvalue weighted by Gasteiger charge is 2.19. The van der Waals surface area contributed by atoms with E-state index in [-0.39, 0.29) is 6.04 Å². The van der Waals surface area contributed by atoms with Gasteiger partial charge in [0, 0.05) is 37.8 Å². The number of rotatable bonds is 7. The summed E-state index contributed by atoms with van der Waals surface area (Å²) in [6, 6.07) is 8.26. The largest absolute Gasteiger partial charge is 0.464 e. The van der Waals surface area contributed by atoms with Crippen LogP contribution in [0.5, 0.6) is 0 Å². The molecule has 4 nitrogen and oxygen atoms in total. The molecular weight excluding hydrogens is 240 g/mol. The summed E-state index contributed by atoms with van der Waals surface area (Å²) >= 11 is 0. The van der Waals surface area contributed by atoms with Gasteiger partial charge in [-0.05, 0) is 19.5 Å². The smallest absolute Gasteiger partial charge is 0.134 e. The zero-order valence-corrected chi connectivity index (χ0v) is 11.6. The number of nitrogens with two attached hydrogens (primary N) is 1. The van der Waals surface area contributed by atoms with Gasteiger partial charge in [0.25, 0.3) is 0 Å². The third-order valence-electron chi connectivity index (χ3n) is 3.48. The minimum Gasteiger partial charge on any atom is -0.464 e. The number of hydrogen-bond donors (Lipinski definition) is 1. The van der Waals surface area contributed by atoms with Crippen LogP contribution >= 0.6 is 0 Å². The molecule has 1 unspecified atom stereocenters. The van der Waals surface area contributed by atoms with Gasteiger partial charge in [0.15, 0.2) is 0 Å². The molecule has 0 amide bonds. The minimum atomic E-state index is 0.181. The van der Waals surface area contributed by atoms with Crippen LogP contribution in [0.15, 0.2) is 34.9 Å². The number of nitrogens with zero attached hydrogens (tertiary/aromatic N) is 1. The molecule has 0 aliphatic carbocycles. The van der Waals surface area contributed by atoms with E-state index >= 15 is 0 Å². The lowest BCUT2D eigenvalue weighted by molar-refractivity contribution is 0.166. The minimum absolute atomic E-state index is 0.181.